The van der Waals surface area contributed by atoms with Gasteiger partial charge in [-0.15, -0.1) is 0 Å². The zero-order chi connectivity index (χ0) is 15.2. The Balaban J connectivity index is 1.93. The fourth-order valence-electron chi connectivity index (χ4n) is 2.50. The number of amides is 1. The Hall–Kier alpha value is -1.40. The Morgan fingerprint density at radius 1 is 1.33 bits per heavy atom. The molecule has 1 aromatic rings. The molecule has 21 heavy (non-hydrogen) atoms. The number of piperidine rings is 1. The highest BCUT2D eigenvalue weighted by molar-refractivity contribution is 9.10. The van der Waals surface area contributed by atoms with Crippen molar-refractivity contribution in [3.8, 4) is 0 Å². The zero-order valence-electron chi connectivity index (χ0n) is 12.0. The maximum Gasteiger partial charge on any atom is 0.323 e. The molecule has 0 aliphatic carbocycles. The standard InChI is InChI=1S/C15H19BrN2O3/c1-21-15(20)13-4-2-3-9-18(13)10-14(19)17-12-7-5-11(16)6-8-12/h5-8,13H,2-4,9-10H2,1H3,(H,17,19). The predicted molar refractivity (Wildman–Crippen MR) is 84.0 cm³/mol. The number of hydrogen-bond acceptors (Lipinski definition) is 4. The summed E-state index contributed by atoms with van der Waals surface area (Å²) < 4.78 is 5.78. The topological polar surface area (TPSA) is 58.6 Å². The summed E-state index contributed by atoms with van der Waals surface area (Å²) in [5.41, 5.74) is 0.745. The number of nitrogens with zero attached hydrogens (tertiary/aromatic N) is 1. The molecule has 1 amide bonds. The van der Waals surface area contributed by atoms with E-state index in [9.17, 15) is 9.59 Å². The molecule has 1 N–H and O–H groups in total. The van der Waals surface area contributed by atoms with Gasteiger partial charge < -0.3 is 10.1 Å². The molecule has 0 saturated carbocycles. The lowest BCUT2D eigenvalue weighted by Crippen LogP contribution is -2.48. The molecular formula is C15H19BrN2O3. The predicted octanol–water partition coefficient (Wildman–Crippen LogP) is 2.42. The third-order valence-corrected chi connectivity index (χ3v) is 4.09. The van der Waals surface area contributed by atoms with Crippen molar-refractivity contribution in [3.63, 3.8) is 0 Å². The lowest BCUT2D eigenvalue weighted by atomic mass is 10.0. The number of esters is 1. The van der Waals surface area contributed by atoms with E-state index in [-0.39, 0.29) is 24.5 Å². The summed E-state index contributed by atoms with van der Waals surface area (Å²) in [5.74, 6) is -0.376. The van der Waals surface area contributed by atoms with Crippen LogP contribution in [0.3, 0.4) is 0 Å². The van der Waals surface area contributed by atoms with Crippen LogP contribution in [-0.4, -0.2) is 43.0 Å². The summed E-state index contributed by atoms with van der Waals surface area (Å²) in [4.78, 5) is 25.8. The molecule has 114 valence electrons. The van der Waals surface area contributed by atoms with Crippen molar-refractivity contribution in [1.29, 1.82) is 0 Å². The smallest absolute Gasteiger partial charge is 0.323 e. The minimum Gasteiger partial charge on any atom is -0.468 e. The lowest BCUT2D eigenvalue weighted by Gasteiger charge is -2.32. The van der Waals surface area contributed by atoms with E-state index < -0.39 is 0 Å². The number of rotatable bonds is 4. The third kappa shape index (κ3) is 4.54. The number of hydrogen-bond donors (Lipinski definition) is 1. The van der Waals surface area contributed by atoms with E-state index in [2.05, 4.69) is 21.2 Å². The number of likely N-dealkylation sites (tertiary alicyclic amines) is 1. The van der Waals surface area contributed by atoms with Gasteiger partial charge >= 0.3 is 5.97 Å². The lowest BCUT2D eigenvalue weighted by molar-refractivity contribution is -0.148. The monoisotopic (exact) mass is 354 g/mol. The average Bonchev–Trinajstić information content (AvgIpc) is 2.49. The molecule has 1 heterocycles. The van der Waals surface area contributed by atoms with Gasteiger partial charge in [0, 0.05) is 10.2 Å². The normalized spacial score (nSPS) is 19.0. The second-order valence-electron chi connectivity index (χ2n) is 5.06. The van der Waals surface area contributed by atoms with Crippen LogP contribution in [0, 0.1) is 0 Å². The van der Waals surface area contributed by atoms with Crippen LogP contribution in [0.25, 0.3) is 0 Å². The van der Waals surface area contributed by atoms with Crippen LogP contribution in [0.2, 0.25) is 0 Å². The molecule has 2 rings (SSSR count). The van der Waals surface area contributed by atoms with Crippen LogP contribution < -0.4 is 5.32 Å². The van der Waals surface area contributed by atoms with Gasteiger partial charge in [0.1, 0.15) is 6.04 Å². The molecule has 1 aromatic carbocycles. The molecule has 1 aliphatic rings. The number of nitrogens with one attached hydrogen (secondary N) is 1. The van der Waals surface area contributed by atoms with Crippen LogP contribution in [-0.2, 0) is 14.3 Å². The van der Waals surface area contributed by atoms with Crippen molar-refractivity contribution >= 4 is 33.5 Å². The van der Waals surface area contributed by atoms with Crippen molar-refractivity contribution in [2.24, 2.45) is 0 Å². The van der Waals surface area contributed by atoms with E-state index in [4.69, 9.17) is 4.74 Å². The van der Waals surface area contributed by atoms with Crippen molar-refractivity contribution in [3.05, 3.63) is 28.7 Å². The molecule has 1 aliphatic heterocycles. The fourth-order valence-corrected chi connectivity index (χ4v) is 2.77. The van der Waals surface area contributed by atoms with Crippen LogP contribution in [0.4, 0.5) is 5.69 Å². The van der Waals surface area contributed by atoms with E-state index in [0.29, 0.717) is 0 Å². The van der Waals surface area contributed by atoms with Gasteiger partial charge in [0.25, 0.3) is 0 Å². The summed E-state index contributed by atoms with van der Waals surface area (Å²) in [6, 6.07) is 7.09. The number of carbonyl (C=O) groups is 2. The molecule has 0 bridgehead atoms. The Morgan fingerprint density at radius 2 is 2.05 bits per heavy atom. The minimum atomic E-state index is -0.306. The number of benzene rings is 1. The van der Waals surface area contributed by atoms with Gasteiger partial charge in [0.2, 0.25) is 5.91 Å². The van der Waals surface area contributed by atoms with Crippen molar-refractivity contribution in [2.45, 2.75) is 25.3 Å². The highest BCUT2D eigenvalue weighted by Crippen LogP contribution is 2.18. The highest BCUT2D eigenvalue weighted by Gasteiger charge is 2.30. The quantitative estimate of drug-likeness (QED) is 0.843. The maximum absolute atomic E-state index is 12.1. The van der Waals surface area contributed by atoms with Crippen LogP contribution in [0.1, 0.15) is 19.3 Å². The molecule has 1 saturated heterocycles. The molecule has 0 spiro atoms. The number of ether oxygens (including phenoxy) is 1. The third-order valence-electron chi connectivity index (χ3n) is 3.56. The first-order valence-electron chi connectivity index (χ1n) is 6.97. The van der Waals surface area contributed by atoms with Gasteiger partial charge in [0.15, 0.2) is 0 Å². The van der Waals surface area contributed by atoms with Gasteiger partial charge in [0.05, 0.1) is 13.7 Å². The molecule has 0 aromatic heterocycles. The summed E-state index contributed by atoms with van der Waals surface area (Å²) in [6.07, 6.45) is 2.74. The second kappa shape index (κ2) is 7.56. The Kier molecular flexibility index (Phi) is 5.76. The number of anilines is 1. The Bertz CT molecular complexity index is 504. The highest BCUT2D eigenvalue weighted by atomic mass is 79.9. The molecule has 5 nitrogen and oxygen atoms in total. The summed E-state index contributed by atoms with van der Waals surface area (Å²) in [7, 11) is 1.39. The van der Waals surface area contributed by atoms with Crippen molar-refractivity contribution in [1.82, 2.24) is 4.90 Å². The Labute approximate surface area is 132 Å². The van der Waals surface area contributed by atoms with Gasteiger partial charge in [-0.25, -0.2) is 0 Å². The van der Waals surface area contributed by atoms with Crippen LogP contribution in [0.5, 0.6) is 0 Å². The van der Waals surface area contributed by atoms with E-state index in [1.165, 1.54) is 7.11 Å². The Morgan fingerprint density at radius 3 is 2.71 bits per heavy atom. The van der Waals surface area contributed by atoms with Crippen LogP contribution in [0.15, 0.2) is 28.7 Å². The molecule has 1 fully saturated rings. The molecule has 1 unspecified atom stereocenters. The average molecular weight is 355 g/mol. The molecule has 1 atom stereocenters. The first-order valence-corrected chi connectivity index (χ1v) is 7.77. The molecule has 0 radical (unpaired) electrons. The van der Waals surface area contributed by atoms with Crippen molar-refractivity contribution < 1.29 is 14.3 Å². The molecular weight excluding hydrogens is 336 g/mol. The van der Waals surface area contributed by atoms with E-state index in [1.54, 1.807) is 0 Å². The number of carbonyl (C=O) groups excluding carboxylic acids is 2. The van der Waals surface area contributed by atoms with E-state index in [1.807, 2.05) is 29.2 Å². The minimum absolute atomic E-state index is 0.117. The number of halogens is 1. The van der Waals surface area contributed by atoms with Crippen LogP contribution >= 0.6 is 15.9 Å². The van der Waals surface area contributed by atoms with Gasteiger partial charge in [-0.3, -0.25) is 14.5 Å². The van der Waals surface area contributed by atoms with Gasteiger partial charge in [-0.2, -0.15) is 0 Å². The summed E-state index contributed by atoms with van der Waals surface area (Å²) in [6.45, 7) is 0.948. The largest absolute Gasteiger partial charge is 0.468 e. The number of methoxy groups -OCH3 is 1. The summed E-state index contributed by atoms with van der Waals surface area (Å²) >= 11 is 3.35. The second-order valence-corrected chi connectivity index (χ2v) is 5.98. The zero-order valence-corrected chi connectivity index (χ0v) is 13.6. The first-order chi connectivity index (χ1) is 10.1. The SMILES string of the molecule is COC(=O)C1CCCCN1CC(=O)Nc1ccc(Br)cc1. The summed E-state index contributed by atoms with van der Waals surface area (Å²) in [5, 5.41) is 2.84. The molecule has 6 heteroatoms. The van der Waals surface area contributed by atoms with Gasteiger partial charge in [-0.05, 0) is 43.7 Å². The maximum atomic E-state index is 12.1. The van der Waals surface area contributed by atoms with Crippen molar-refractivity contribution in [2.75, 3.05) is 25.5 Å². The fraction of sp³-hybridized carbons (Fsp3) is 0.467. The first kappa shape index (κ1) is 16.0. The van der Waals surface area contributed by atoms with E-state index >= 15 is 0 Å². The van der Waals surface area contributed by atoms with Gasteiger partial charge in [-0.1, -0.05) is 22.4 Å². The van der Waals surface area contributed by atoms with E-state index in [0.717, 1.165) is 36.0 Å².